The number of hydrogen-bond donors (Lipinski definition) is 1. The molecule has 2 N–H and O–H groups in total. The molecular formula is C14H17ClFNO2. The number of ether oxygens (including phenoxy) is 1. The monoisotopic (exact) mass is 285 g/mol. The molecule has 5 heteroatoms. The van der Waals surface area contributed by atoms with Crippen LogP contribution < -0.4 is 5.73 Å². The summed E-state index contributed by atoms with van der Waals surface area (Å²) in [7, 11) is 0. The van der Waals surface area contributed by atoms with E-state index >= 15 is 0 Å². The van der Waals surface area contributed by atoms with Gasteiger partial charge in [0.05, 0.1) is 18.3 Å². The number of primary amides is 1. The van der Waals surface area contributed by atoms with Crippen molar-refractivity contribution in [3.8, 4) is 0 Å². The molecule has 1 aliphatic carbocycles. The van der Waals surface area contributed by atoms with E-state index in [1.165, 1.54) is 31.4 Å². The van der Waals surface area contributed by atoms with Gasteiger partial charge < -0.3 is 10.5 Å². The Bertz CT molecular complexity index is 473. The summed E-state index contributed by atoms with van der Waals surface area (Å²) in [6.45, 7) is 0.263. The third-order valence-electron chi connectivity index (χ3n) is 3.43. The predicted octanol–water partition coefficient (Wildman–Crippen LogP) is 3.43. The highest BCUT2D eigenvalue weighted by molar-refractivity contribution is 6.31. The van der Waals surface area contributed by atoms with E-state index in [1.807, 2.05) is 0 Å². The first-order valence-corrected chi connectivity index (χ1v) is 6.85. The van der Waals surface area contributed by atoms with E-state index in [1.54, 1.807) is 0 Å². The van der Waals surface area contributed by atoms with E-state index in [9.17, 15) is 9.18 Å². The topological polar surface area (TPSA) is 52.3 Å². The fraction of sp³-hybridized carbons (Fsp3) is 0.500. The minimum atomic E-state index is -0.820. The molecule has 3 nitrogen and oxygen atoms in total. The minimum absolute atomic E-state index is 0.189. The Hall–Kier alpha value is -1.13. The van der Waals surface area contributed by atoms with Crippen molar-refractivity contribution >= 4 is 17.5 Å². The van der Waals surface area contributed by atoms with Crippen molar-refractivity contribution in [1.82, 2.24) is 0 Å². The molecule has 1 aromatic rings. The Morgan fingerprint density at radius 1 is 1.37 bits per heavy atom. The van der Waals surface area contributed by atoms with Gasteiger partial charge in [-0.1, -0.05) is 30.9 Å². The van der Waals surface area contributed by atoms with Crippen LogP contribution in [0.25, 0.3) is 0 Å². The lowest BCUT2D eigenvalue weighted by Gasteiger charge is -2.22. The summed E-state index contributed by atoms with van der Waals surface area (Å²) in [6.07, 6.45) is 5.91. The molecule has 0 aliphatic heterocycles. The molecule has 1 amide bonds. The van der Waals surface area contributed by atoms with Crippen LogP contribution in [0.4, 0.5) is 4.39 Å². The standard InChI is InChI=1S/C14H17ClFNO2/c15-12-7-11(14(17)18)13(16)6-9(12)8-19-10-4-2-1-3-5-10/h6-7,10H,1-5,8H2,(H2,17,18). The Kier molecular flexibility index (Phi) is 4.77. The third-order valence-corrected chi connectivity index (χ3v) is 3.78. The number of benzene rings is 1. The second-order valence-electron chi connectivity index (χ2n) is 4.86. The number of amides is 1. The molecule has 0 bridgehead atoms. The van der Waals surface area contributed by atoms with Crippen LogP contribution in [0.5, 0.6) is 0 Å². The summed E-state index contributed by atoms with van der Waals surface area (Å²) in [5.41, 5.74) is 5.42. The van der Waals surface area contributed by atoms with E-state index in [4.69, 9.17) is 22.1 Å². The van der Waals surface area contributed by atoms with Gasteiger partial charge in [0.1, 0.15) is 5.82 Å². The molecule has 0 saturated heterocycles. The van der Waals surface area contributed by atoms with Crippen LogP contribution in [0.2, 0.25) is 5.02 Å². The van der Waals surface area contributed by atoms with E-state index in [0.717, 1.165) is 12.8 Å². The molecule has 1 aliphatic rings. The third kappa shape index (κ3) is 3.67. The quantitative estimate of drug-likeness (QED) is 0.921. The molecular weight excluding hydrogens is 269 g/mol. The highest BCUT2D eigenvalue weighted by atomic mass is 35.5. The van der Waals surface area contributed by atoms with Gasteiger partial charge in [-0.15, -0.1) is 0 Å². The molecule has 1 saturated carbocycles. The molecule has 0 unspecified atom stereocenters. The van der Waals surface area contributed by atoms with Gasteiger partial charge >= 0.3 is 0 Å². The minimum Gasteiger partial charge on any atom is -0.373 e. The zero-order valence-corrected chi connectivity index (χ0v) is 11.4. The lowest BCUT2D eigenvalue weighted by molar-refractivity contribution is 0.0168. The highest BCUT2D eigenvalue weighted by Gasteiger charge is 2.16. The Balaban J connectivity index is 2.04. The molecule has 0 spiro atoms. The average molecular weight is 286 g/mol. The van der Waals surface area contributed by atoms with Crippen LogP contribution in [-0.4, -0.2) is 12.0 Å². The number of carbonyl (C=O) groups is 1. The summed E-state index contributed by atoms with van der Waals surface area (Å²) >= 11 is 6.01. The lowest BCUT2D eigenvalue weighted by atomic mass is 9.98. The molecule has 1 fully saturated rings. The van der Waals surface area contributed by atoms with E-state index in [2.05, 4.69) is 0 Å². The van der Waals surface area contributed by atoms with Gasteiger partial charge in [-0.3, -0.25) is 4.79 Å². The van der Waals surface area contributed by atoms with Crippen LogP contribution in [0, 0.1) is 5.82 Å². The Labute approximate surface area is 116 Å². The second kappa shape index (κ2) is 6.35. The van der Waals surface area contributed by atoms with Crippen molar-refractivity contribution in [2.45, 2.75) is 44.8 Å². The van der Waals surface area contributed by atoms with Crippen molar-refractivity contribution in [2.75, 3.05) is 0 Å². The Morgan fingerprint density at radius 2 is 2.05 bits per heavy atom. The zero-order valence-electron chi connectivity index (χ0n) is 10.6. The van der Waals surface area contributed by atoms with Crippen molar-refractivity contribution in [3.63, 3.8) is 0 Å². The average Bonchev–Trinajstić information content (AvgIpc) is 2.40. The van der Waals surface area contributed by atoms with Crippen molar-refractivity contribution in [2.24, 2.45) is 5.73 Å². The highest BCUT2D eigenvalue weighted by Crippen LogP contribution is 2.25. The van der Waals surface area contributed by atoms with Gasteiger partial charge in [-0.2, -0.15) is 0 Å². The smallest absolute Gasteiger partial charge is 0.251 e. The fourth-order valence-electron chi connectivity index (χ4n) is 2.33. The summed E-state index contributed by atoms with van der Waals surface area (Å²) < 4.78 is 19.4. The van der Waals surface area contributed by atoms with Crippen LogP contribution in [0.15, 0.2) is 12.1 Å². The van der Waals surface area contributed by atoms with Crippen molar-refractivity contribution in [3.05, 3.63) is 34.1 Å². The van der Waals surface area contributed by atoms with Gasteiger partial charge in [0.15, 0.2) is 0 Å². The van der Waals surface area contributed by atoms with Crippen LogP contribution in [0.1, 0.15) is 48.0 Å². The first kappa shape index (κ1) is 14.3. The van der Waals surface area contributed by atoms with E-state index in [-0.39, 0.29) is 18.3 Å². The zero-order chi connectivity index (χ0) is 13.8. The number of carbonyl (C=O) groups excluding carboxylic acids is 1. The predicted molar refractivity (Wildman–Crippen MR) is 71.6 cm³/mol. The summed E-state index contributed by atoms with van der Waals surface area (Å²) in [5.74, 6) is -1.47. The molecule has 0 aromatic heterocycles. The summed E-state index contributed by atoms with van der Waals surface area (Å²) in [5, 5.41) is 0.311. The maximum atomic E-state index is 13.6. The van der Waals surface area contributed by atoms with E-state index < -0.39 is 11.7 Å². The molecule has 0 radical (unpaired) electrons. The first-order chi connectivity index (χ1) is 9.08. The van der Waals surface area contributed by atoms with Crippen LogP contribution in [-0.2, 0) is 11.3 Å². The number of halogens is 2. The maximum absolute atomic E-state index is 13.6. The molecule has 1 aromatic carbocycles. The van der Waals surface area contributed by atoms with Gasteiger partial charge in [0.2, 0.25) is 0 Å². The number of hydrogen-bond acceptors (Lipinski definition) is 2. The summed E-state index contributed by atoms with van der Waals surface area (Å²) in [6, 6.07) is 2.49. The molecule has 104 valence electrons. The number of rotatable bonds is 4. The lowest BCUT2D eigenvalue weighted by Crippen LogP contribution is -2.17. The number of nitrogens with two attached hydrogens (primary N) is 1. The fourth-order valence-corrected chi connectivity index (χ4v) is 2.55. The van der Waals surface area contributed by atoms with Gasteiger partial charge in [0.25, 0.3) is 5.91 Å². The molecule has 0 atom stereocenters. The SMILES string of the molecule is NC(=O)c1cc(Cl)c(COC2CCCCC2)cc1F. The van der Waals surface area contributed by atoms with E-state index in [0.29, 0.717) is 10.6 Å². The van der Waals surface area contributed by atoms with Crippen molar-refractivity contribution < 1.29 is 13.9 Å². The van der Waals surface area contributed by atoms with Gasteiger partial charge in [-0.05, 0) is 30.5 Å². The largest absolute Gasteiger partial charge is 0.373 e. The van der Waals surface area contributed by atoms with Crippen molar-refractivity contribution in [1.29, 1.82) is 0 Å². The van der Waals surface area contributed by atoms with Crippen LogP contribution in [0.3, 0.4) is 0 Å². The second-order valence-corrected chi connectivity index (χ2v) is 5.27. The molecule has 19 heavy (non-hydrogen) atoms. The normalized spacial score (nSPS) is 16.5. The summed E-state index contributed by atoms with van der Waals surface area (Å²) in [4.78, 5) is 11.0. The molecule has 0 heterocycles. The van der Waals surface area contributed by atoms with Gasteiger partial charge in [0, 0.05) is 5.02 Å². The Morgan fingerprint density at radius 3 is 2.68 bits per heavy atom. The molecule has 2 rings (SSSR count). The first-order valence-electron chi connectivity index (χ1n) is 6.47. The maximum Gasteiger partial charge on any atom is 0.251 e. The van der Waals surface area contributed by atoms with Crippen LogP contribution >= 0.6 is 11.6 Å². The van der Waals surface area contributed by atoms with Gasteiger partial charge in [-0.25, -0.2) is 4.39 Å².